The standard InChI is InChI=1S/C24H25N7O4S/c25-13-6-7-30(12-13)23(33)17-5-4-16(36-17)21-19-20(27-28-21)14-2-1-3-15(18(14)22(19)32)26-24(34)29-31-8-10-35-11-9-31/h1-5,13H,6-12,25H2,(H,27,28)(H2,26,29,34). The molecule has 6 rings (SSSR count). The average molecular weight is 508 g/mol. The molecule has 1 aliphatic carbocycles. The smallest absolute Gasteiger partial charge is 0.333 e. The maximum atomic E-state index is 13.6. The lowest BCUT2D eigenvalue weighted by Crippen LogP contribution is -2.49. The van der Waals surface area contributed by atoms with Gasteiger partial charge in [-0.05, 0) is 24.6 Å². The number of nitrogens with zero attached hydrogens (tertiary/aromatic N) is 3. The minimum absolute atomic E-state index is 0.0131. The minimum Gasteiger partial charge on any atom is -0.379 e. The van der Waals surface area contributed by atoms with E-state index in [0.29, 0.717) is 78.0 Å². The van der Waals surface area contributed by atoms with E-state index in [-0.39, 0.29) is 17.7 Å². The van der Waals surface area contributed by atoms with E-state index in [9.17, 15) is 14.4 Å². The zero-order valence-electron chi connectivity index (χ0n) is 19.4. The number of ether oxygens (including phenoxy) is 1. The van der Waals surface area contributed by atoms with Crippen molar-refractivity contribution in [3.8, 4) is 21.8 Å². The predicted molar refractivity (Wildman–Crippen MR) is 134 cm³/mol. The lowest BCUT2D eigenvalue weighted by molar-refractivity contribution is 0.0207. The van der Waals surface area contributed by atoms with Crippen molar-refractivity contribution in [1.82, 2.24) is 25.5 Å². The molecule has 4 heterocycles. The monoisotopic (exact) mass is 507 g/mol. The number of hydrogen-bond acceptors (Lipinski definition) is 8. The Labute approximate surface area is 210 Å². The van der Waals surface area contributed by atoms with Gasteiger partial charge in [0.2, 0.25) is 0 Å². The van der Waals surface area contributed by atoms with Crippen LogP contribution in [0, 0.1) is 0 Å². The number of amides is 3. The topological polar surface area (TPSA) is 146 Å². The van der Waals surface area contributed by atoms with E-state index in [0.717, 1.165) is 11.3 Å². The van der Waals surface area contributed by atoms with Gasteiger partial charge in [-0.3, -0.25) is 20.1 Å². The maximum Gasteiger partial charge on any atom is 0.333 e. The number of hydrogen-bond donors (Lipinski definition) is 4. The van der Waals surface area contributed by atoms with E-state index in [4.69, 9.17) is 10.5 Å². The van der Waals surface area contributed by atoms with E-state index in [1.54, 1.807) is 28.1 Å². The third-order valence-corrected chi connectivity index (χ3v) is 7.72. The number of hydrazine groups is 1. The molecule has 1 aromatic carbocycles. The quantitative estimate of drug-likeness (QED) is 0.330. The molecule has 1 atom stereocenters. The number of urea groups is 1. The fourth-order valence-electron chi connectivity index (χ4n) is 4.84. The molecule has 0 bridgehead atoms. The van der Waals surface area contributed by atoms with Crippen LogP contribution >= 0.6 is 11.3 Å². The molecule has 3 aliphatic rings. The molecule has 2 saturated heterocycles. The van der Waals surface area contributed by atoms with Gasteiger partial charge in [0, 0.05) is 37.8 Å². The summed E-state index contributed by atoms with van der Waals surface area (Å²) >= 11 is 1.32. The van der Waals surface area contributed by atoms with Crippen LogP contribution in [0.15, 0.2) is 30.3 Å². The number of aromatic amines is 1. The van der Waals surface area contributed by atoms with Gasteiger partial charge in [-0.1, -0.05) is 12.1 Å². The number of carbonyl (C=O) groups is 3. The highest BCUT2D eigenvalue weighted by molar-refractivity contribution is 7.17. The summed E-state index contributed by atoms with van der Waals surface area (Å²) in [6.45, 7) is 3.47. The van der Waals surface area contributed by atoms with Crippen molar-refractivity contribution in [3.05, 3.63) is 46.3 Å². The van der Waals surface area contributed by atoms with Crippen LogP contribution in [-0.2, 0) is 4.74 Å². The first-order valence-corrected chi connectivity index (χ1v) is 12.6. The summed E-state index contributed by atoms with van der Waals surface area (Å²) in [6.07, 6.45) is 0.797. The van der Waals surface area contributed by atoms with Crippen LogP contribution in [0.4, 0.5) is 10.5 Å². The normalized spacial score (nSPS) is 19.3. The van der Waals surface area contributed by atoms with Crippen LogP contribution in [0.3, 0.4) is 0 Å². The lowest BCUT2D eigenvalue weighted by atomic mass is 10.1. The van der Waals surface area contributed by atoms with E-state index >= 15 is 0 Å². The Morgan fingerprint density at radius 2 is 1.97 bits per heavy atom. The average Bonchev–Trinajstić information content (AvgIpc) is 3.65. The molecule has 2 fully saturated rings. The second-order valence-corrected chi connectivity index (χ2v) is 10.1. The molecule has 0 spiro atoms. The molecule has 1 unspecified atom stereocenters. The van der Waals surface area contributed by atoms with Gasteiger partial charge >= 0.3 is 6.03 Å². The number of carbonyl (C=O) groups excluding carboxylic acids is 3. The van der Waals surface area contributed by atoms with Gasteiger partial charge in [-0.25, -0.2) is 9.80 Å². The Morgan fingerprint density at radius 1 is 1.14 bits per heavy atom. The zero-order chi connectivity index (χ0) is 24.8. The van der Waals surface area contributed by atoms with Crippen LogP contribution in [0.2, 0.25) is 0 Å². The zero-order valence-corrected chi connectivity index (χ0v) is 20.2. The van der Waals surface area contributed by atoms with E-state index in [2.05, 4.69) is 20.9 Å². The summed E-state index contributed by atoms with van der Waals surface area (Å²) in [7, 11) is 0. The third kappa shape index (κ3) is 3.97. The fourth-order valence-corrected chi connectivity index (χ4v) is 5.82. The van der Waals surface area contributed by atoms with Crippen LogP contribution in [0.1, 0.15) is 32.0 Å². The molecule has 0 radical (unpaired) electrons. The SMILES string of the molecule is NC1CCN(C(=O)c2ccc(-c3[nH]nc4c3C(=O)c3c(NC(=O)NN5CCOCC5)cccc3-4)s2)C1. The molecular formula is C24H25N7O4S. The summed E-state index contributed by atoms with van der Waals surface area (Å²) in [5, 5.41) is 12.0. The number of morpholine rings is 1. The van der Waals surface area contributed by atoms with Gasteiger partial charge in [0.05, 0.1) is 45.5 Å². The van der Waals surface area contributed by atoms with Gasteiger partial charge in [0.1, 0.15) is 5.69 Å². The number of H-pyrrole nitrogens is 1. The number of fused-ring (bicyclic) bond motifs is 3. The predicted octanol–water partition coefficient (Wildman–Crippen LogP) is 1.89. The van der Waals surface area contributed by atoms with Crippen molar-refractivity contribution in [3.63, 3.8) is 0 Å². The Kier molecular flexibility index (Phi) is 5.80. The first-order valence-electron chi connectivity index (χ1n) is 11.8. The van der Waals surface area contributed by atoms with E-state index < -0.39 is 6.03 Å². The second kappa shape index (κ2) is 9.13. The number of aromatic nitrogens is 2. The van der Waals surface area contributed by atoms with Gasteiger partial charge in [-0.2, -0.15) is 5.10 Å². The van der Waals surface area contributed by atoms with Crippen molar-refractivity contribution in [1.29, 1.82) is 0 Å². The Morgan fingerprint density at radius 3 is 2.75 bits per heavy atom. The molecule has 186 valence electrons. The van der Waals surface area contributed by atoms with Crippen molar-refractivity contribution in [2.75, 3.05) is 44.7 Å². The summed E-state index contributed by atoms with van der Waals surface area (Å²) < 4.78 is 5.30. The van der Waals surface area contributed by atoms with Gasteiger partial charge < -0.3 is 20.7 Å². The van der Waals surface area contributed by atoms with E-state index in [1.807, 2.05) is 12.1 Å². The first-order chi connectivity index (χ1) is 17.5. The van der Waals surface area contributed by atoms with Gasteiger partial charge in [0.15, 0.2) is 5.78 Å². The fraction of sp³-hybridized carbons (Fsp3) is 0.333. The van der Waals surface area contributed by atoms with Crippen LogP contribution in [0.5, 0.6) is 0 Å². The van der Waals surface area contributed by atoms with Gasteiger partial charge in [-0.15, -0.1) is 11.3 Å². The summed E-state index contributed by atoms with van der Waals surface area (Å²) in [5.41, 5.74) is 11.8. The highest BCUT2D eigenvalue weighted by Crippen LogP contribution is 2.44. The van der Waals surface area contributed by atoms with Crippen molar-refractivity contribution < 1.29 is 19.1 Å². The third-order valence-electron chi connectivity index (χ3n) is 6.63. The Bertz CT molecular complexity index is 1360. The number of benzene rings is 1. The minimum atomic E-state index is -0.424. The van der Waals surface area contributed by atoms with Crippen LogP contribution in [0.25, 0.3) is 21.8 Å². The molecular weight excluding hydrogens is 482 g/mol. The Hall–Kier alpha value is -3.58. The number of likely N-dealkylation sites (tertiary alicyclic amines) is 1. The number of nitrogens with two attached hydrogens (primary N) is 1. The highest BCUT2D eigenvalue weighted by atomic mass is 32.1. The molecule has 36 heavy (non-hydrogen) atoms. The molecule has 5 N–H and O–H groups in total. The largest absolute Gasteiger partial charge is 0.379 e. The van der Waals surface area contributed by atoms with Crippen LogP contribution in [-0.4, -0.2) is 83.3 Å². The molecule has 0 saturated carbocycles. The summed E-state index contributed by atoms with van der Waals surface area (Å²) in [4.78, 5) is 42.2. The maximum absolute atomic E-state index is 13.6. The second-order valence-electron chi connectivity index (χ2n) is 9.01. The molecule has 3 amide bonds. The highest BCUT2D eigenvalue weighted by Gasteiger charge is 2.36. The first kappa shape index (κ1) is 22.9. The van der Waals surface area contributed by atoms with E-state index in [1.165, 1.54) is 11.3 Å². The molecule has 11 nitrogen and oxygen atoms in total. The molecule has 3 aromatic rings. The lowest BCUT2D eigenvalue weighted by Gasteiger charge is -2.27. The number of anilines is 1. The summed E-state index contributed by atoms with van der Waals surface area (Å²) in [5.74, 6) is -0.277. The summed E-state index contributed by atoms with van der Waals surface area (Å²) in [6, 6.07) is 8.49. The van der Waals surface area contributed by atoms with Crippen molar-refractivity contribution >= 4 is 34.7 Å². The van der Waals surface area contributed by atoms with Gasteiger partial charge in [0.25, 0.3) is 5.91 Å². The van der Waals surface area contributed by atoms with Crippen LogP contribution < -0.4 is 16.5 Å². The number of thiophene rings is 1. The molecule has 2 aromatic heterocycles. The Balaban J connectivity index is 1.24. The van der Waals surface area contributed by atoms with Crippen molar-refractivity contribution in [2.24, 2.45) is 5.73 Å². The molecule has 2 aliphatic heterocycles. The number of ketones is 1. The molecule has 12 heteroatoms. The number of nitrogens with one attached hydrogen (secondary N) is 3. The van der Waals surface area contributed by atoms with Crippen molar-refractivity contribution in [2.45, 2.75) is 12.5 Å². The number of rotatable bonds is 4.